The molecule has 0 radical (unpaired) electrons. The average molecular weight is 614 g/mol. The van der Waals surface area contributed by atoms with Crippen molar-refractivity contribution in [1.82, 2.24) is 29.4 Å². The molecule has 18 heteroatoms. The molecular formula is C23H29F6N7O4S. The molecule has 2 fully saturated rings. The number of alkyl halides is 6. The maximum atomic E-state index is 12.8. The summed E-state index contributed by atoms with van der Waals surface area (Å²) in [5.74, 6) is 0.329. The van der Waals surface area contributed by atoms with Crippen molar-refractivity contribution in [2.24, 2.45) is 0 Å². The molecule has 228 valence electrons. The number of hydrogen-bond donors (Lipinski definition) is 2. The molecule has 2 aromatic rings. The molecule has 0 bridgehead atoms. The Hall–Kier alpha value is -3.15. The van der Waals surface area contributed by atoms with Crippen molar-refractivity contribution in [1.29, 1.82) is 0 Å². The first-order chi connectivity index (χ1) is 19.1. The van der Waals surface area contributed by atoms with E-state index < -0.39 is 52.1 Å². The molecule has 0 unspecified atom stereocenters. The van der Waals surface area contributed by atoms with Crippen molar-refractivity contribution < 1.29 is 44.3 Å². The Balaban J connectivity index is 1.23. The molecule has 2 aliphatic rings. The molecule has 1 saturated heterocycles. The first kappa shape index (κ1) is 30.8. The SMILES string of the molecule is C[C@@H](CC(F)(F)F)NC(=O)O[C@@H]1CC[C@H](c2cnc(NC3CCN(S(=O)(=O)c4cnn(C(F)(F)F)c4)CC3)nc2)C1. The zero-order valence-corrected chi connectivity index (χ0v) is 22.6. The topological polar surface area (TPSA) is 131 Å². The predicted molar refractivity (Wildman–Crippen MR) is 131 cm³/mol. The predicted octanol–water partition coefficient (Wildman–Crippen LogP) is 4.12. The highest BCUT2D eigenvalue weighted by molar-refractivity contribution is 7.89. The third-order valence-corrected chi connectivity index (χ3v) is 8.80. The number of piperidine rings is 1. The van der Waals surface area contributed by atoms with E-state index in [0.717, 1.165) is 9.87 Å². The van der Waals surface area contributed by atoms with Crippen molar-refractivity contribution in [2.75, 3.05) is 18.4 Å². The lowest BCUT2D eigenvalue weighted by molar-refractivity contribution is -0.212. The van der Waals surface area contributed by atoms with Gasteiger partial charge in [0, 0.05) is 37.6 Å². The Labute approximate surface area is 231 Å². The standard InChI is InChI=1S/C23H29F6N7O4S/c1-14(9-22(24,25)26)33-21(37)40-18-3-2-15(8-18)16-10-30-20(31-11-16)34-17-4-6-35(7-5-17)41(38,39)19-12-32-36(13-19)23(27,28)29/h10-15,17-18H,2-9H2,1H3,(H,33,37)(H,30,31,34)/t14-,15-,18+/m0/s1. The second-order valence-corrected chi connectivity index (χ2v) is 12.1. The lowest BCUT2D eigenvalue weighted by Crippen LogP contribution is -2.42. The number of anilines is 1. The average Bonchev–Trinajstić information content (AvgIpc) is 3.54. The third-order valence-electron chi connectivity index (χ3n) is 6.95. The van der Waals surface area contributed by atoms with Crippen LogP contribution in [0.25, 0.3) is 0 Å². The van der Waals surface area contributed by atoms with Gasteiger partial charge in [-0.3, -0.25) is 0 Å². The number of rotatable bonds is 8. The van der Waals surface area contributed by atoms with Crippen LogP contribution in [0.4, 0.5) is 37.1 Å². The largest absolute Gasteiger partial charge is 0.504 e. The summed E-state index contributed by atoms with van der Waals surface area (Å²) in [7, 11) is -4.13. The van der Waals surface area contributed by atoms with Gasteiger partial charge in [-0.15, -0.1) is 13.2 Å². The smallest absolute Gasteiger partial charge is 0.446 e. The second-order valence-electron chi connectivity index (χ2n) is 10.2. The van der Waals surface area contributed by atoms with Gasteiger partial charge in [0.05, 0.1) is 18.8 Å². The highest BCUT2D eigenvalue weighted by Gasteiger charge is 2.36. The van der Waals surface area contributed by atoms with Crippen LogP contribution < -0.4 is 10.6 Å². The number of alkyl carbamates (subject to hydrolysis) is 1. The van der Waals surface area contributed by atoms with Gasteiger partial charge in [-0.05, 0) is 50.5 Å². The molecule has 1 aliphatic carbocycles. The first-order valence-electron chi connectivity index (χ1n) is 12.8. The number of ether oxygens (including phenoxy) is 1. The minimum atomic E-state index is -4.81. The Morgan fingerprint density at radius 3 is 2.32 bits per heavy atom. The van der Waals surface area contributed by atoms with Gasteiger partial charge in [0.15, 0.2) is 0 Å². The lowest BCUT2D eigenvalue weighted by atomic mass is 10.0. The van der Waals surface area contributed by atoms with E-state index in [4.69, 9.17) is 4.74 Å². The van der Waals surface area contributed by atoms with Gasteiger partial charge < -0.3 is 15.4 Å². The molecule has 1 amide bonds. The van der Waals surface area contributed by atoms with Crippen LogP contribution in [-0.4, -0.2) is 76.0 Å². The number of nitrogens with one attached hydrogen (secondary N) is 2. The second kappa shape index (κ2) is 12.0. The number of nitrogens with zero attached hydrogens (tertiary/aromatic N) is 5. The van der Waals surface area contributed by atoms with Gasteiger partial charge in [0.1, 0.15) is 11.0 Å². The third kappa shape index (κ3) is 8.21. The van der Waals surface area contributed by atoms with Crippen molar-refractivity contribution in [3.05, 3.63) is 30.4 Å². The lowest BCUT2D eigenvalue weighted by Gasteiger charge is -2.31. The maximum Gasteiger partial charge on any atom is 0.504 e. The molecule has 0 aromatic carbocycles. The normalized spacial score (nSPS) is 21.9. The number of hydrogen-bond acceptors (Lipinski definition) is 8. The van der Waals surface area contributed by atoms with E-state index in [0.29, 0.717) is 50.4 Å². The Morgan fingerprint density at radius 1 is 1.07 bits per heavy atom. The van der Waals surface area contributed by atoms with Gasteiger partial charge >= 0.3 is 18.6 Å². The van der Waals surface area contributed by atoms with E-state index in [-0.39, 0.29) is 29.7 Å². The minimum Gasteiger partial charge on any atom is -0.446 e. The van der Waals surface area contributed by atoms with Gasteiger partial charge in [-0.2, -0.15) is 27.3 Å². The van der Waals surface area contributed by atoms with Crippen LogP contribution >= 0.6 is 0 Å². The number of sulfonamides is 1. The fraction of sp³-hybridized carbons (Fsp3) is 0.652. The Bertz CT molecular complexity index is 1290. The van der Waals surface area contributed by atoms with E-state index >= 15 is 0 Å². The number of carbonyl (C=O) groups excluding carboxylic acids is 1. The van der Waals surface area contributed by atoms with Crippen LogP contribution in [0.15, 0.2) is 29.7 Å². The summed E-state index contributed by atoms with van der Waals surface area (Å²) in [5.41, 5.74) is 0.813. The summed E-state index contributed by atoms with van der Waals surface area (Å²) in [6, 6.07) is -1.26. The summed E-state index contributed by atoms with van der Waals surface area (Å²) in [6.45, 7) is 1.42. The first-order valence-corrected chi connectivity index (χ1v) is 14.3. The zero-order valence-electron chi connectivity index (χ0n) is 21.8. The fourth-order valence-electron chi connectivity index (χ4n) is 4.91. The van der Waals surface area contributed by atoms with Crippen LogP contribution in [0.3, 0.4) is 0 Å². The highest BCUT2D eigenvalue weighted by atomic mass is 32.2. The van der Waals surface area contributed by atoms with Crippen LogP contribution in [0.2, 0.25) is 0 Å². The number of halogens is 6. The molecule has 1 aliphatic heterocycles. The number of aromatic nitrogens is 4. The van der Waals surface area contributed by atoms with E-state index in [1.807, 2.05) is 0 Å². The molecule has 3 heterocycles. The van der Waals surface area contributed by atoms with Crippen LogP contribution in [0, 0.1) is 0 Å². The number of carbonyl (C=O) groups is 1. The van der Waals surface area contributed by atoms with Crippen molar-refractivity contribution in [3.63, 3.8) is 0 Å². The minimum absolute atomic E-state index is 0.00425. The Morgan fingerprint density at radius 2 is 1.73 bits per heavy atom. The van der Waals surface area contributed by atoms with E-state index in [1.165, 1.54) is 6.92 Å². The quantitative estimate of drug-likeness (QED) is 0.426. The highest BCUT2D eigenvalue weighted by Crippen LogP contribution is 2.36. The number of amides is 1. The Kier molecular flexibility index (Phi) is 9.01. The van der Waals surface area contributed by atoms with Crippen LogP contribution in [0.5, 0.6) is 0 Å². The molecule has 2 aromatic heterocycles. The molecule has 3 atom stereocenters. The molecule has 0 spiro atoms. The molecule has 2 N–H and O–H groups in total. The van der Waals surface area contributed by atoms with Crippen molar-refractivity contribution in [3.8, 4) is 0 Å². The summed E-state index contributed by atoms with van der Waals surface area (Å²) < 4.78 is 107. The van der Waals surface area contributed by atoms with Gasteiger partial charge in [-0.25, -0.2) is 23.2 Å². The summed E-state index contributed by atoms with van der Waals surface area (Å²) >= 11 is 0. The van der Waals surface area contributed by atoms with Crippen LogP contribution in [0.1, 0.15) is 56.9 Å². The molecule has 41 heavy (non-hydrogen) atoms. The fourth-order valence-corrected chi connectivity index (χ4v) is 6.31. The zero-order chi connectivity index (χ0) is 30.0. The maximum absolute atomic E-state index is 12.8. The van der Waals surface area contributed by atoms with Crippen LogP contribution in [-0.2, 0) is 21.1 Å². The summed E-state index contributed by atoms with van der Waals surface area (Å²) in [6.07, 6.45) is -4.84. The molecule has 1 saturated carbocycles. The summed E-state index contributed by atoms with van der Waals surface area (Å²) in [5, 5.41) is 8.42. The van der Waals surface area contributed by atoms with Crippen molar-refractivity contribution in [2.45, 2.75) is 86.9 Å². The van der Waals surface area contributed by atoms with E-state index in [9.17, 15) is 39.6 Å². The van der Waals surface area contributed by atoms with Crippen molar-refractivity contribution >= 4 is 22.1 Å². The van der Waals surface area contributed by atoms with Gasteiger partial charge in [0.2, 0.25) is 16.0 Å². The molecule has 11 nitrogen and oxygen atoms in total. The molecular weight excluding hydrogens is 584 g/mol. The molecule has 4 rings (SSSR count). The van der Waals surface area contributed by atoms with Gasteiger partial charge in [0.25, 0.3) is 0 Å². The van der Waals surface area contributed by atoms with E-state index in [2.05, 4.69) is 25.7 Å². The summed E-state index contributed by atoms with van der Waals surface area (Å²) in [4.78, 5) is 20.1. The van der Waals surface area contributed by atoms with E-state index in [1.54, 1.807) is 12.4 Å². The monoisotopic (exact) mass is 613 g/mol. The van der Waals surface area contributed by atoms with Gasteiger partial charge in [-0.1, -0.05) is 0 Å².